The summed E-state index contributed by atoms with van der Waals surface area (Å²) < 4.78 is 0.716. The number of halogens is 2. The van der Waals surface area contributed by atoms with Gasteiger partial charge in [-0.25, -0.2) is 0 Å². The Labute approximate surface area is 130 Å². The molecule has 1 saturated carbocycles. The number of likely N-dealkylation sites (N-methyl/N-ethyl adjacent to an activating group) is 1. The average Bonchev–Trinajstić information content (AvgIpc) is 2.88. The fraction of sp³-hybridized carbons (Fsp3) is 0.533. The van der Waals surface area contributed by atoms with Crippen LogP contribution in [0.25, 0.3) is 0 Å². The van der Waals surface area contributed by atoms with Crippen molar-refractivity contribution >= 4 is 34.8 Å². The first-order chi connectivity index (χ1) is 9.40. The molecule has 1 aromatic rings. The van der Waals surface area contributed by atoms with E-state index in [0.717, 1.165) is 0 Å². The molecule has 20 heavy (non-hydrogen) atoms. The lowest BCUT2D eigenvalue weighted by Gasteiger charge is -2.35. The molecule has 0 spiro atoms. The minimum Gasteiger partial charge on any atom is -0.319 e. The van der Waals surface area contributed by atoms with Crippen molar-refractivity contribution in [1.82, 2.24) is 0 Å². The van der Waals surface area contributed by atoms with Crippen molar-refractivity contribution in [2.45, 2.75) is 31.7 Å². The summed E-state index contributed by atoms with van der Waals surface area (Å²) in [5.41, 5.74) is 0.507. The maximum Gasteiger partial charge on any atom is 0.279 e. The minimum atomic E-state index is -0.0445. The minimum absolute atomic E-state index is 0.0445. The van der Waals surface area contributed by atoms with Crippen LogP contribution < -0.4 is 5.32 Å². The summed E-state index contributed by atoms with van der Waals surface area (Å²) in [4.78, 5) is 12.2. The molecular weight excluding hydrogens is 295 g/mol. The highest BCUT2D eigenvalue weighted by atomic mass is 35.5. The van der Waals surface area contributed by atoms with Gasteiger partial charge in [-0.2, -0.15) is 0 Å². The summed E-state index contributed by atoms with van der Waals surface area (Å²) >= 11 is 12.1. The largest absolute Gasteiger partial charge is 0.319 e. The Balaban J connectivity index is 2.02. The molecule has 0 aliphatic heterocycles. The number of hydrogen-bond donors (Lipinski definition) is 1. The number of para-hydroxylation sites is 1. The summed E-state index contributed by atoms with van der Waals surface area (Å²) in [7, 11) is 4.23. The van der Waals surface area contributed by atoms with E-state index in [9.17, 15) is 4.79 Å². The number of benzene rings is 1. The number of quaternary nitrogens is 1. The van der Waals surface area contributed by atoms with E-state index >= 15 is 0 Å². The first-order valence-corrected chi connectivity index (χ1v) is 7.72. The molecule has 0 atom stereocenters. The molecule has 0 unspecified atom stereocenters. The molecule has 0 aromatic heterocycles. The number of amides is 1. The van der Waals surface area contributed by atoms with Crippen LogP contribution >= 0.6 is 23.2 Å². The molecule has 0 bridgehead atoms. The first kappa shape index (κ1) is 15.6. The van der Waals surface area contributed by atoms with E-state index in [1.165, 1.54) is 25.7 Å². The number of rotatable bonds is 4. The van der Waals surface area contributed by atoms with Gasteiger partial charge in [-0.3, -0.25) is 4.79 Å². The van der Waals surface area contributed by atoms with Crippen molar-refractivity contribution in [1.29, 1.82) is 0 Å². The van der Waals surface area contributed by atoms with Crippen LogP contribution in [0.3, 0.4) is 0 Å². The predicted octanol–water partition coefficient (Wildman–Crippen LogP) is 3.95. The molecule has 1 amide bonds. The second-order valence-electron chi connectivity index (χ2n) is 6.02. The van der Waals surface area contributed by atoms with Gasteiger partial charge in [-0.05, 0) is 37.8 Å². The molecule has 0 saturated heterocycles. The van der Waals surface area contributed by atoms with Crippen molar-refractivity contribution in [2.75, 3.05) is 26.0 Å². The number of carbonyl (C=O) groups excluding carboxylic acids is 1. The predicted molar refractivity (Wildman–Crippen MR) is 84.3 cm³/mol. The average molecular weight is 316 g/mol. The molecule has 3 nitrogen and oxygen atoms in total. The lowest BCUT2D eigenvalue weighted by atomic mass is 10.2. The summed E-state index contributed by atoms with van der Waals surface area (Å²) in [6.07, 6.45) is 4.94. The molecule has 2 rings (SSSR count). The van der Waals surface area contributed by atoms with Gasteiger partial charge in [0.05, 0.1) is 35.9 Å². The maximum atomic E-state index is 12.2. The molecule has 110 valence electrons. The standard InChI is InChI=1S/C15H20Cl2N2O/c1-19(2,11-6-3-4-7-11)10-14(20)18-15-12(16)8-5-9-13(15)17/h5,8-9,11H,3-4,6-7,10H2,1-2H3/p+1. The second-order valence-corrected chi connectivity index (χ2v) is 6.83. The number of nitrogens with zero attached hydrogens (tertiary/aromatic N) is 1. The zero-order chi connectivity index (χ0) is 14.8. The van der Waals surface area contributed by atoms with Crippen molar-refractivity contribution in [3.8, 4) is 0 Å². The zero-order valence-electron chi connectivity index (χ0n) is 12.0. The van der Waals surface area contributed by atoms with E-state index in [1.807, 2.05) is 0 Å². The van der Waals surface area contributed by atoms with Gasteiger partial charge in [0, 0.05) is 0 Å². The molecule has 1 N–H and O–H groups in total. The van der Waals surface area contributed by atoms with Crippen molar-refractivity contribution in [2.24, 2.45) is 0 Å². The van der Waals surface area contributed by atoms with Crippen LogP contribution in [0, 0.1) is 0 Å². The third-order valence-electron chi connectivity index (χ3n) is 4.09. The van der Waals surface area contributed by atoms with Gasteiger partial charge in [-0.1, -0.05) is 29.3 Å². The fourth-order valence-electron chi connectivity index (χ4n) is 2.90. The van der Waals surface area contributed by atoms with E-state index in [1.54, 1.807) is 18.2 Å². The quantitative estimate of drug-likeness (QED) is 0.837. The third kappa shape index (κ3) is 3.66. The molecule has 0 heterocycles. The number of nitrogens with one attached hydrogen (secondary N) is 1. The van der Waals surface area contributed by atoms with Crippen molar-refractivity contribution in [3.05, 3.63) is 28.2 Å². The van der Waals surface area contributed by atoms with Crippen LogP contribution in [0.1, 0.15) is 25.7 Å². The Bertz CT molecular complexity index is 476. The Kier molecular flexibility index (Phi) is 4.95. The molecule has 1 aliphatic carbocycles. The topological polar surface area (TPSA) is 29.1 Å². The second kappa shape index (κ2) is 6.33. The SMILES string of the molecule is C[N+](C)(CC(=O)Nc1c(Cl)cccc1Cl)C1CCCC1. The van der Waals surface area contributed by atoms with Crippen molar-refractivity contribution in [3.63, 3.8) is 0 Å². The molecule has 1 aliphatic rings. The van der Waals surface area contributed by atoms with Gasteiger partial charge >= 0.3 is 0 Å². The van der Waals surface area contributed by atoms with Crippen LogP contribution in [0.2, 0.25) is 10.0 Å². The van der Waals surface area contributed by atoms with Crippen LogP contribution in [0.15, 0.2) is 18.2 Å². The van der Waals surface area contributed by atoms with Crippen molar-refractivity contribution < 1.29 is 9.28 Å². The van der Waals surface area contributed by atoms with E-state index in [2.05, 4.69) is 19.4 Å². The monoisotopic (exact) mass is 315 g/mol. The highest BCUT2D eigenvalue weighted by Crippen LogP contribution is 2.30. The van der Waals surface area contributed by atoms with E-state index in [-0.39, 0.29) is 5.91 Å². The zero-order valence-corrected chi connectivity index (χ0v) is 13.5. The maximum absolute atomic E-state index is 12.2. The summed E-state index contributed by atoms with van der Waals surface area (Å²) in [6.45, 7) is 0.437. The summed E-state index contributed by atoms with van der Waals surface area (Å²) in [5, 5.41) is 3.78. The molecule has 5 heteroatoms. The summed E-state index contributed by atoms with van der Waals surface area (Å²) in [6, 6.07) is 5.78. The van der Waals surface area contributed by atoms with Gasteiger partial charge in [-0.15, -0.1) is 0 Å². The Morgan fingerprint density at radius 1 is 1.25 bits per heavy atom. The number of carbonyl (C=O) groups is 1. The third-order valence-corrected chi connectivity index (χ3v) is 4.72. The number of anilines is 1. The Hall–Kier alpha value is -0.770. The molecule has 0 radical (unpaired) electrons. The Morgan fingerprint density at radius 3 is 2.35 bits per heavy atom. The van der Waals surface area contributed by atoms with Crippen LogP contribution in [0.5, 0.6) is 0 Å². The van der Waals surface area contributed by atoms with Gasteiger partial charge in [0.15, 0.2) is 6.54 Å². The normalized spacial score (nSPS) is 16.4. The fourth-order valence-corrected chi connectivity index (χ4v) is 3.39. The molecule has 1 aromatic carbocycles. The van der Waals surface area contributed by atoms with Crippen LogP contribution in [-0.2, 0) is 4.79 Å². The molecule has 1 fully saturated rings. The lowest BCUT2D eigenvalue weighted by molar-refractivity contribution is -0.906. The summed E-state index contributed by atoms with van der Waals surface area (Å²) in [5.74, 6) is -0.0445. The number of hydrogen-bond acceptors (Lipinski definition) is 1. The van der Waals surface area contributed by atoms with Gasteiger partial charge in [0.25, 0.3) is 5.91 Å². The van der Waals surface area contributed by atoms with E-state index in [0.29, 0.717) is 32.8 Å². The van der Waals surface area contributed by atoms with E-state index in [4.69, 9.17) is 23.2 Å². The van der Waals surface area contributed by atoms with Gasteiger partial charge in [0.2, 0.25) is 0 Å². The smallest absolute Gasteiger partial charge is 0.279 e. The highest BCUT2D eigenvalue weighted by molar-refractivity contribution is 6.39. The van der Waals surface area contributed by atoms with Crippen LogP contribution in [0.4, 0.5) is 5.69 Å². The first-order valence-electron chi connectivity index (χ1n) is 6.97. The molecular formula is C15H21Cl2N2O+. The Morgan fingerprint density at radius 2 is 1.80 bits per heavy atom. The van der Waals surface area contributed by atoms with Gasteiger partial charge in [0.1, 0.15) is 0 Å². The highest BCUT2D eigenvalue weighted by Gasteiger charge is 2.33. The van der Waals surface area contributed by atoms with E-state index < -0.39 is 0 Å². The lowest BCUT2D eigenvalue weighted by Crippen LogP contribution is -2.51. The van der Waals surface area contributed by atoms with Crippen LogP contribution in [-0.4, -0.2) is 37.1 Å². The van der Waals surface area contributed by atoms with Gasteiger partial charge < -0.3 is 9.80 Å².